The second-order valence-corrected chi connectivity index (χ2v) is 5.97. The molecule has 0 aromatic heterocycles. The lowest BCUT2D eigenvalue weighted by molar-refractivity contribution is 0.394. The number of hydrogen-bond acceptors (Lipinski definition) is 5. The molecule has 0 saturated carbocycles. The largest absolute Gasteiger partial charge is 0.497 e. The van der Waals surface area contributed by atoms with Crippen LogP contribution in [0.5, 0.6) is 11.5 Å². The van der Waals surface area contributed by atoms with Gasteiger partial charge in [0.05, 0.1) is 25.3 Å². The van der Waals surface area contributed by atoms with Crippen LogP contribution in [0.15, 0.2) is 58.5 Å². The van der Waals surface area contributed by atoms with Crippen molar-refractivity contribution in [3.8, 4) is 11.5 Å². The van der Waals surface area contributed by atoms with Crippen LogP contribution >= 0.6 is 0 Å². The highest BCUT2D eigenvalue weighted by Crippen LogP contribution is 2.21. The van der Waals surface area contributed by atoms with E-state index in [4.69, 9.17) is 9.47 Å². The molecule has 2 aromatic rings. The summed E-state index contributed by atoms with van der Waals surface area (Å²) in [6.07, 6.45) is 1.38. The minimum atomic E-state index is -3.67. The smallest absolute Gasteiger partial charge is 0.276 e. The zero-order valence-electron chi connectivity index (χ0n) is 12.2. The molecule has 0 radical (unpaired) electrons. The van der Waals surface area contributed by atoms with Crippen molar-refractivity contribution in [2.24, 2.45) is 5.10 Å². The summed E-state index contributed by atoms with van der Waals surface area (Å²) in [7, 11) is -0.601. The Labute approximate surface area is 129 Å². The van der Waals surface area contributed by atoms with Gasteiger partial charge in [0.2, 0.25) is 0 Å². The van der Waals surface area contributed by atoms with E-state index in [9.17, 15) is 8.42 Å². The molecule has 0 aliphatic rings. The average Bonchev–Trinajstić information content (AvgIpc) is 2.55. The Bertz CT molecular complexity index is 736. The normalized spacial score (nSPS) is 11.4. The van der Waals surface area contributed by atoms with Crippen LogP contribution in [-0.4, -0.2) is 28.9 Å². The second kappa shape index (κ2) is 6.95. The average molecular weight is 320 g/mol. The van der Waals surface area contributed by atoms with E-state index in [2.05, 4.69) is 9.93 Å². The molecule has 2 rings (SSSR count). The van der Waals surface area contributed by atoms with Crippen molar-refractivity contribution in [1.82, 2.24) is 4.83 Å². The number of nitrogens with zero attached hydrogens (tertiary/aromatic N) is 1. The molecule has 0 amide bonds. The van der Waals surface area contributed by atoms with Crippen LogP contribution in [0, 0.1) is 0 Å². The van der Waals surface area contributed by atoms with E-state index in [1.54, 1.807) is 36.4 Å². The highest BCUT2D eigenvalue weighted by atomic mass is 32.2. The molecule has 2 aromatic carbocycles. The molecule has 0 heterocycles. The Balaban J connectivity index is 2.16. The van der Waals surface area contributed by atoms with Crippen molar-refractivity contribution in [3.63, 3.8) is 0 Å². The molecular formula is C15H16N2O4S. The molecule has 1 N–H and O–H groups in total. The van der Waals surface area contributed by atoms with Gasteiger partial charge in [0.1, 0.15) is 11.5 Å². The minimum absolute atomic E-state index is 0.148. The molecule has 7 heteroatoms. The van der Waals surface area contributed by atoms with Gasteiger partial charge in [0.25, 0.3) is 10.0 Å². The zero-order valence-corrected chi connectivity index (χ0v) is 13.0. The molecular weight excluding hydrogens is 304 g/mol. The topological polar surface area (TPSA) is 77.0 Å². The summed E-state index contributed by atoms with van der Waals surface area (Å²) in [5.41, 5.74) is 0.645. The van der Waals surface area contributed by atoms with Crippen LogP contribution in [0.25, 0.3) is 0 Å². The fourth-order valence-electron chi connectivity index (χ4n) is 1.73. The fourth-order valence-corrected chi connectivity index (χ4v) is 2.54. The van der Waals surface area contributed by atoms with Crippen molar-refractivity contribution >= 4 is 16.2 Å². The molecule has 0 spiro atoms. The lowest BCUT2D eigenvalue weighted by Gasteiger charge is -2.06. The summed E-state index contributed by atoms with van der Waals surface area (Å²) < 4.78 is 34.3. The Morgan fingerprint density at radius 2 is 1.59 bits per heavy atom. The predicted octanol–water partition coefficient (Wildman–Crippen LogP) is 2.02. The van der Waals surface area contributed by atoms with Gasteiger partial charge in [-0.1, -0.05) is 18.2 Å². The summed E-state index contributed by atoms with van der Waals surface area (Å²) in [6.45, 7) is 0. The summed E-state index contributed by atoms with van der Waals surface area (Å²) in [5.74, 6) is 1.18. The maximum absolute atomic E-state index is 12.0. The summed E-state index contributed by atoms with van der Waals surface area (Å²) in [5, 5.41) is 3.77. The van der Waals surface area contributed by atoms with Gasteiger partial charge in [-0.15, -0.1) is 0 Å². The van der Waals surface area contributed by atoms with Crippen molar-refractivity contribution in [1.29, 1.82) is 0 Å². The summed E-state index contributed by atoms with van der Waals surface area (Å²) >= 11 is 0. The van der Waals surface area contributed by atoms with E-state index in [0.717, 1.165) is 0 Å². The first kappa shape index (κ1) is 15.8. The SMILES string of the molecule is COc1cc(/C=N/NS(=O)(=O)c2ccccc2)cc(OC)c1. The minimum Gasteiger partial charge on any atom is -0.497 e. The number of ether oxygens (including phenoxy) is 2. The first-order valence-electron chi connectivity index (χ1n) is 6.38. The molecule has 22 heavy (non-hydrogen) atoms. The molecule has 0 unspecified atom stereocenters. The number of hydrazone groups is 1. The van der Waals surface area contributed by atoms with Crippen LogP contribution in [0.4, 0.5) is 0 Å². The Hall–Kier alpha value is -2.54. The summed E-state index contributed by atoms with van der Waals surface area (Å²) in [4.78, 5) is 2.31. The lowest BCUT2D eigenvalue weighted by Crippen LogP contribution is -2.18. The van der Waals surface area contributed by atoms with Gasteiger partial charge < -0.3 is 9.47 Å². The number of benzene rings is 2. The molecule has 6 nitrogen and oxygen atoms in total. The van der Waals surface area contributed by atoms with Gasteiger partial charge in [0, 0.05) is 11.6 Å². The van der Waals surface area contributed by atoms with E-state index in [1.807, 2.05) is 0 Å². The third-order valence-electron chi connectivity index (χ3n) is 2.81. The Kier molecular flexibility index (Phi) is 5.00. The number of nitrogens with one attached hydrogen (secondary N) is 1. The van der Waals surface area contributed by atoms with E-state index in [1.165, 1.54) is 32.6 Å². The highest BCUT2D eigenvalue weighted by Gasteiger charge is 2.11. The third-order valence-corrected chi connectivity index (χ3v) is 4.05. The van der Waals surface area contributed by atoms with E-state index < -0.39 is 10.0 Å². The molecule has 0 saturated heterocycles. The van der Waals surface area contributed by atoms with Crippen molar-refractivity contribution in [2.75, 3.05) is 14.2 Å². The molecule has 116 valence electrons. The number of sulfonamides is 1. The maximum Gasteiger partial charge on any atom is 0.276 e. The molecule has 0 fully saturated rings. The lowest BCUT2D eigenvalue weighted by atomic mass is 10.2. The predicted molar refractivity (Wildman–Crippen MR) is 83.9 cm³/mol. The maximum atomic E-state index is 12.0. The summed E-state index contributed by atoms with van der Waals surface area (Å²) in [6, 6.07) is 13.2. The van der Waals surface area contributed by atoms with Gasteiger partial charge in [-0.3, -0.25) is 0 Å². The molecule has 0 atom stereocenters. The number of hydrogen-bond donors (Lipinski definition) is 1. The second-order valence-electron chi connectivity index (χ2n) is 4.31. The van der Waals surface area contributed by atoms with E-state index in [-0.39, 0.29) is 4.90 Å². The standard InChI is InChI=1S/C15H16N2O4S/c1-20-13-8-12(9-14(10-13)21-2)11-16-17-22(18,19)15-6-4-3-5-7-15/h3-11,17H,1-2H3/b16-11+. The zero-order chi connectivity index (χ0) is 16.0. The monoisotopic (exact) mass is 320 g/mol. The van der Waals surface area contributed by atoms with Crippen LogP contribution < -0.4 is 14.3 Å². The van der Waals surface area contributed by atoms with E-state index >= 15 is 0 Å². The van der Waals surface area contributed by atoms with Crippen LogP contribution in [-0.2, 0) is 10.0 Å². The molecule has 0 aliphatic heterocycles. The van der Waals surface area contributed by atoms with Crippen LogP contribution in [0.1, 0.15) is 5.56 Å². The molecule has 0 bridgehead atoms. The van der Waals surface area contributed by atoms with Gasteiger partial charge in [-0.2, -0.15) is 13.5 Å². The van der Waals surface area contributed by atoms with Gasteiger partial charge in [-0.25, -0.2) is 4.83 Å². The highest BCUT2D eigenvalue weighted by molar-refractivity contribution is 7.89. The first-order valence-corrected chi connectivity index (χ1v) is 7.86. The van der Waals surface area contributed by atoms with E-state index in [0.29, 0.717) is 17.1 Å². The Morgan fingerprint density at radius 1 is 1.00 bits per heavy atom. The first-order chi connectivity index (χ1) is 10.5. The van der Waals surface area contributed by atoms with Gasteiger partial charge in [0.15, 0.2) is 0 Å². The van der Waals surface area contributed by atoms with Crippen molar-refractivity contribution in [2.45, 2.75) is 4.90 Å². The third kappa shape index (κ3) is 3.98. The van der Waals surface area contributed by atoms with Crippen molar-refractivity contribution in [3.05, 3.63) is 54.1 Å². The number of rotatable bonds is 6. The van der Waals surface area contributed by atoms with Crippen LogP contribution in [0.3, 0.4) is 0 Å². The van der Waals surface area contributed by atoms with Gasteiger partial charge in [-0.05, 0) is 24.3 Å². The van der Waals surface area contributed by atoms with Gasteiger partial charge >= 0.3 is 0 Å². The van der Waals surface area contributed by atoms with Crippen LogP contribution in [0.2, 0.25) is 0 Å². The van der Waals surface area contributed by atoms with Crippen molar-refractivity contribution < 1.29 is 17.9 Å². The fraction of sp³-hybridized carbons (Fsp3) is 0.133. The Morgan fingerprint density at radius 3 is 2.14 bits per heavy atom. The number of methoxy groups -OCH3 is 2. The quantitative estimate of drug-likeness (QED) is 0.652. The molecule has 0 aliphatic carbocycles.